The molecular weight excluding hydrogens is 258 g/mol. The molecule has 0 bridgehead atoms. The molecule has 0 spiro atoms. The third kappa shape index (κ3) is 4.91. The highest BCUT2D eigenvalue weighted by Gasteiger charge is 2.09. The second-order valence-corrected chi connectivity index (χ2v) is 5.29. The van der Waals surface area contributed by atoms with Gasteiger partial charge in [0.1, 0.15) is 5.75 Å². The van der Waals surface area contributed by atoms with Gasteiger partial charge in [-0.25, -0.2) is 0 Å². The molecule has 112 valence electrons. The fourth-order valence-corrected chi connectivity index (χ4v) is 2.39. The lowest BCUT2D eigenvalue weighted by atomic mass is 10.0. The van der Waals surface area contributed by atoms with Gasteiger partial charge in [-0.05, 0) is 44.5 Å². The van der Waals surface area contributed by atoms with Gasteiger partial charge in [-0.2, -0.15) is 0 Å². The summed E-state index contributed by atoms with van der Waals surface area (Å²) in [5, 5.41) is 3.35. The highest BCUT2D eigenvalue weighted by atomic mass is 16.5. The van der Waals surface area contributed by atoms with Gasteiger partial charge in [0.2, 0.25) is 0 Å². The van der Waals surface area contributed by atoms with Crippen LogP contribution in [0, 0.1) is 0 Å². The predicted octanol–water partition coefficient (Wildman–Crippen LogP) is 4.51. The quantitative estimate of drug-likeness (QED) is 0.720. The highest BCUT2D eigenvalue weighted by Crippen LogP contribution is 2.30. The Bertz CT molecular complexity index is 524. The van der Waals surface area contributed by atoms with Crippen LogP contribution < -0.4 is 10.1 Å². The van der Waals surface area contributed by atoms with Gasteiger partial charge >= 0.3 is 0 Å². The van der Waals surface area contributed by atoms with Crippen molar-refractivity contribution < 1.29 is 4.74 Å². The molecule has 0 heterocycles. The summed E-state index contributed by atoms with van der Waals surface area (Å²) < 4.78 is 6.15. The lowest BCUT2D eigenvalue weighted by Crippen LogP contribution is -2.18. The van der Waals surface area contributed by atoms with E-state index < -0.39 is 0 Å². The number of hydrogen-bond acceptors (Lipinski definition) is 2. The lowest BCUT2D eigenvalue weighted by Gasteiger charge is -2.17. The Morgan fingerprint density at radius 1 is 1.00 bits per heavy atom. The van der Waals surface area contributed by atoms with Crippen LogP contribution in [0.15, 0.2) is 54.6 Å². The number of para-hydroxylation sites is 1. The molecule has 2 nitrogen and oxygen atoms in total. The zero-order valence-electron chi connectivity index (χ0n) is 13.0. The van der Waals surface area contributed by atoms with Crippen molar-refractivity contribution in [3.8, 4) is 16.9 Å². The molecule has 0 aliphatic carbocycles. The Morgan fingerprint density at radius 3 is 2.48 bits per heavy atom. The third-order valence-electron chi connectivity index (χ3n) is 3.51. The van der Waals surface area contributed by atoms with E-state index in [0.29, 0.717) is 0 Å². The summed E-state index contributed by atoms with van der Waals surface area (Å²) in [5.74, 6) is 0.972. The van der Waals surface area contributed by atoms with Crippen LogP contribution in [0.3, 0.4) is 0 Å². The molecule has 2 heteroatoms. The predicted molar refractivity (Wildman–Crippen MR) is 89.7 cm³/mol. The largest absolute Gasteiger partial charge is 0.490 e. The minimum atomic E-state index is 0.230. The van der Waals surface area contributed by atoms with Gasteiger partial charge in [0.25, 0.3) is 0 Å². The summed E-state index contributed by atoms with van der Waals surface area (Å²) in [6.45, 7) is 6.38. The van der Waals surface area contributed by atoms with Gasteiger partial charge in [-0.3, -0.25) is 0 Å². The van der Waals surface area contributed by atoms with E-state index in [9.17, 15) is 0 Å². The van der Waals surface area contributed by atoms with Crippen LogP contribution in [0.5, 0.6) is 5.75 Å². The number of nitrogens with one attached hydrogen (secondary N) is 1. The molecule has 21 heavy (non-hydrogen) atoms. The summed E-state index contributed by atoms with van der Waals surface area (Å²) in [6, 6.07) is 18.7. The first-order valence-electron chi connectivity index (χ1n) is 7.83. The van der Waals surface area contributed by atoms with Crippen LogP contribution in [-0.2, 0) is 0 Å². The van der Waals surface area contributed by atoms with Gasteiger partial charge in [0, 0.05) is 5.56 Å². The van der Waals surface area contributed by atoms with E-state index in [0.717, 1.165) is 37.2 Å². The SMILES string of the molecule is CCNCCCC(C)Oc1ccccc1-c1ccccc1. The van der Waals surface area contributed by atoms with Crippen molar-refractivity contribution in [3.63, 3.8) is 0 Å². The normalized spacial score (nSPS) is 12.1. The van der Waals surface area contributed by atoms with Crippen LogP contribution in [0.4, 0.5) is 0 Å². The maximum atomic E-state index is 6.15. The molecule has 0 fully saturated rings. The number of rotatable bonds is 8. The van der Waals surface area contributed by atoms with Crippen LogP contribution >= 0.6 is 0 Å². The Balaban J connectivity index is 2.00. The van der Waals surface area contributed by atoms with Crippen molar-refractivity contribution in [3.05, 3.63) is 54.6 Å². The molecule has 2 rings (SSSR count). The first kappa shape index (κ1) is 15.6. The number of hydrogen-bond donors (Lipinski definition) is 1. The van der Waals surface area contributed by atoms with Crippen molar-refractivity contribution in [2.24, 2.45) is 0 Å². The van der Waals surface area contributed by atoms with Crippen molar-refractivity contribution >= 4 is 0 Å². The van der Waals surface area contributed by atoms with Crippen molar-refractivity contribution in [1.82, 2.24) is 5.32 Å². The monoisotopic (exact) mass is 283 g/mol. The van der Waals surface area contributed by atoms with Crippen molar-refractivity contribution in [2.45, 2.75) is 32.8 Å². The summed E-state index contributed by atoms with van der Waals surface area (Å²) in [4.78, 5) is 0. The molecule has 1 atom stereocenters. The van der Waals surface area contributed by atoms with Gasteiger partial charge < -0.3 is 10.1 Å². The molecule has 0 radical (unpaired) electrons. The zero-order valence-corrected chi connectivity index (χ0v) is 13.0. The summed E-state index contributed by atoms with van der Waals surface area (Å²) in [6.07, 6.45) is 2.44. The molecule has 0 amide bonds. The fourth-order valence-electron chi connectivity index (χ4n) is 2.39. The topological polar surface area (TPSA) is 21.3 Å². The summed E-state index contributed by atoms with van der Waals surface area (Å²) >= 11 is 0. The van der Waals surface area contributed by atoms with Gasteiger partial charge in [-0.1, -0.05) is 55.5 Å². The van der Waals surface area contributed by atoms with Gasteiger partial charge in [-0.15, -0.1) is 0 Å². The minimum absolute atomic E-state index is 0.230. The van der Waals surface area contributed by atoms with E-state index in [2.05, 4.69) is 61.6 Å². The highest BCUT2D eigenvalue weighted by molar-refractivity contribution is 5.70. The molecule has 1 N–H and O–H groups in total. The lowest BCUT2D eigenvalue weighted by molar-refractivity contribution is 0.208. The van der Waals surface area contributed by atoms with E-state index >= 15 is 0 Å². The zero-order chi connectivity index (χ0) is 14.9. The second-order valence-electron chi connectivity index (χ2n) is 5.29. The van der Waals surface area contributed by atoms with Crippen LogP contribution in [0.2, 0.25) is 0 Å². The van der Waals surface area contributed by atoms with E-state index in [4.69, 9.17) is 4.74 Å². The summed E-state index contributed by atoms with van der Waals surface area (Å²) in [5.41, 5.74) is 2.37. The Kier molecular flexibility index (Phi) is 6.29. The maximum Gasteiger partial charge on any atom is 0.127 e. The Hall–Kier alpha value is -1.80. The molecule has 2 aromatic rings. The average Bonchev–Trinajstić information content (AvgIpc) is 2.53. The van der Waals surface area contributed by atoms with E-state index in [-0.39, 0.29) is 6.10 Å². The fraction of sp³-hybridized carbons (Fsp3) is 0.368. The first-order chi connectivity index (χ1) is 10.3. The molecule has 0 saturated heterocycles. The van der Waals surface area contributed by atoms with E-state index in [1.54, 1.807) is 0 Å². The molecule has 0 aliphatic rings. The van der Waals surface area contributed by atoms with E-state index in [1.807, 2.05) is 12.1 Å². The molecular formula is C19H25NO. The van der Waals surface area contributed by atoms with Crippen molar-refractivity contribution in [1.29, 1.82) is 0 Å². The van der Waals surface area contributed by atoms with Crippen molar-refractivity contribution in [2.75, 3.05) is 13.1 Å². The number of benzene rings is 2. The van der Waals surface area contributed by atoms with Crippen LogP contribution in [0.25, 0.3) is 11.1 Å². The van der Waals surface area contributed by atoms with Gasteiger partial charge in [0.05, 0.1) is 6.10 Å². The molecule has 0 aromatic heterocycles. The summed E-state index contributed by atoms with van der Waals surface area (Å²) in [7, 11) is 0. The van der Waals surface area contributed by atoms with Crippen LogP contribution in [0.1, 0.15) is 26.7 Å². The Morgan fingerprint density at radius 2 is 1.71 bits per heavy atom. The minimum Gasteiger partial charge on any atom is -0.490 e. The molecule has 1 unspecified atom stereocenters. The smallest absolute Gasteiger partial charge is 0.127 e. The van der Waals surface area contributed by atoms with E-state index in [1.165, 1.54) is 5.56 Å². The van der Waals surface area contributed by atoms with Crippen LogP contribution in [-0.4, -0.2) is 19.2 Å². The average molecular weight is 283 g/mol. The standard InChI is InChI=1S/C19H25NO/c1-3-20-15-9-10-16(2)21-19-14-8-7-13-18(19)17-11-5-4-6-12-17/h4-8,11-14,16,20H,3,9-10,15H2,1-2H3. The first-order valence-corrected chi connectivity index (χ1v) is 7.83. The second kappa shape index (κ2) is 8.48. The Labute approximate surface area is 128 Å². The molecule has 0 aliphatic heterocycles. The number of ether oxygens (including phenoxy) is 1. The molecule has 2 aromatic carbocycles. The van der Waals surface area contributed by atoms with Gasteiger partial charge in [0.15, 0.2) is 0 Å². The molecule has 0 saturated carbocycles. The maximum absolute atomic E-state index is 6.15. The third-order valence-corrected chi connectivity index (χ3v) is 3.51.